The van der Waals surface area contributed by atoms with Crippen LogP contribution in [-0.4, -0.2) is 127 Å². The van der Waals surface area contributed by atoms with Crippen LogP contribution in [0.2, 0.25) is 0 Å². The number of aromatic nitrogens is 2. The van der Waals surface area contributed by atoms with Gasteiger partial charge in [0.15, 0.2) is 49.1 Å². The summed E-state index contributed by atoms with van der Waals surface area (Å²) in [6, 6.07) is 23.3. The number of phosphoric ester groups is 2. The SMILES string of the molecule is O=C(O)c1ccc[n+]([C@@H]2O[C@H](COP(=O)([O-])[O-])[C@H](O)[C@@H]2O)c1.O=C(O)c1ccc[n+]([C@@H]2O[C@H](COP(=O)([O-])[O-])[C@H](O)[C@@H]2O)c1.[NH3+][C@@H](Cc1ccccc1)C(=O)O.[NH3+][C@@H](Cc1ccccc1)C(=O)O. The van der Waals surface area contributed by atoms with E-state index < -0.39 is 114 Å². The molecule has 0 unspecified atom stereocenters. The van der Waals surface area contributed by atoms with Gasteiger partial charge in [0.25, 0.3) is 12.5 Å². The van der Waals surface area contributed by atoms with Gasteiger partial charge in [0.1, 0.15) is 35.5 Å². The molecule has 4 aromatic rings. The summed E-state index contributed by atoms with van der Waals surface area (Å²) in [5.74, 6) is -4.08. The van der Waals surface area contributed by atoms with Gasteiger partial charge in [-0.2, -0.15) is 9.13 Å². The number of hydrogen-bond donors (Lipinski definition) is 10. The molecule has 0 saturated carbocycles. The Balaban J connectivity index is 0.000000250. The summed E-state index contributed by atoms with van der Waals surface area (Å²) in [6.07, 6.45) is -4.57. The Hall–Kier alpha value is -5.48. The highest BCUT2D eigenvalue weighted by Crippen LogP contribution is 2.32. The highest BCUT2D eigenvalue weighted by molar-refractivity contribution is 7.43. The van der Waals surface area contributed by atoms with Crippen molar-refractivity contribution in [1.29, 1.82) is 0 Å². The fourth-order valence-electron chi connectivity index (χ4n) is 6.08. The Morgan fingerprint density at radius 3 is 1.16 bits per heavy atom. The lowest BCUT2D eigenvalue weighted by Crippen LogP contribution is -2.65. The van der Waals surface area contributed by atoms with Gasteiger partial charge in [-0.15, -0.1) is 0 Å². The molecule has 0 bridgehead atoms. The van der Waals surface area contributed by atoms with Gasteiger partial charge in [-0.3, -0.25) is 0 Å². The third-order valence-corrected chi connectivity index (χ3v) is 10.5. The summed E-state index contributed by atoms with van der Waals surface area (Å²) >= 11 is 0. The van der Waals surface area contributed by atoms with Crippen molar-refractivity contribution in [2.45, 2.75) is 74.0 Å². The first-order valence-corrected chi connectivity index (χ1v) is 22.7. The van der Waals surface area contributed by atoms with Gasteiger partial charge < -0.3 is 99.5 Å². The molecule has 2 aromatic heterocycles. The summed E-state index contributed by atoms with van der Waals surface area (Å²) in [6.45, 7) is -1.50. The van der Waals surface area contributed by atoms with Crippen LogP contribution < -0.4 is 40.2 Å². The highest BCUT2D eigenvalue weighted by Gasteiger charge is 2.49. The number of quaternary nitrogens is 2. The molecule has 28 heteroatoms. The molecule has 2 saturated heterocycles. The number of hydrogen-bond acceptors (Lipinski definition) is 18. The van der Waals surface area contributed by atoms with Crippen LogP contribution in [0.15, 0.2) is 110 Å². The van der Waals surface area contributed by atoms with Crippen LogP contribution in [0.3, 0.4) is 0 Å². The normalized spacial score (nSPS) is 23.0. The Kier molecular flexibility index (Phi) is 22.0. The lowest BCUT2D eigenvalue weighted by atomic mass is 10.1. The zero-order chi connectivity index (χ0) is 50.9. The zero-order valence-electron chi connectivity index (χ0n) is 35.5. The van der Waals surface area contributed by atoms with E-state index in [1.165, 1.54) is 58.2 Å². The van der Waals surface area contributed by atoms with Gasteiger partial charge in [0.2, 0.25) is 0 Å². The van der Waals surface area contributed by atoms with Crippen molar-refractivity contribution in [2.24, 2.45) is 0 Å². The number of nitrogens with zero attached hydrogens (tertiary/aromatic N) is 2. The summed E-state index contributed by atoms with van der Waals surface area (Å²) < 4.78 is 41.8. The predicted octanol–water partition coefficient (Wildman–Crippen LogP) is -5.88. The van der Waals surface area contributed by atoms with Gasteiger partial charge in [-0.05, 0) is 23.3 Å². The average molecular weight is 1000 g/mol. The molecule has 2 aliphatic rings. The van der Waals surface area contributed by atoms with Crippen molar-refractivity contribution in [1.82, 2.24) is 0 Å². The zero-order valence-corrected chi connectivity index (χ0v) is 37.3. The molecule has 68 heavy (non-hydrogen) atoms. The maximum atomic E-state index is 10.9. The molecule has 14 N–H and O–H groups in total. The molecule has 372 valence electrons. The van der Waals surface area contributed by atoms with Gasteiger partial charge in [-0.1, -0.05) is 60.7 Å². The summed E-state index contributed by atoms with van der Waals surface area (Å²) in [4.78, 5) is 84.4. The Labute approximate surface area is 385 Å². The first kappa shape index (κ1) is 56.8. The van der Waals surface area contributed by atoms with E-state index in [1.54, 1.807) is 0 Å². The van der Waals surface area contributed by atoms with E-state index in [9.17, 15) is 68.3 Å². The third kappa shape index (κ3) is 18.9. The fourth-order valence-corrected chi connectivity index (χ4v) is 6.74. The maximum absolute atomic E-state index is 10.9. The minimum Gasteiger partial charge on any atom is -0.790 e. The van der Waals surface area contributed by atoms with E-state index in [2.05, 4.69) is 20.5 Å². The van der Waals surface area contributed by atoms with Crippen molar-refractivity contribution in [3.05, 3.63) is 132 Å². The summed E-state index contributed by atoms with van der Waals surface area (Å²) in [7, 11) is -10.5. The molecular formula is C40H50N4O22P2. The molecule has 0 aliphatic carbocycles. The van der Waals surface area contributed by atoms with E-state index in [-0.39, 0.29) is 11.1 Å². The lowest BCUT2D eigenvalue weighted by molar-refractivity contribution is -0.766. The molecule has 2 aromatic carbocycles. The quantitative estimate of drug-likeness (QED) is 0.0369. The number of aliphatic hydroxyl groups is 4. The van der Waals surface area contributed by atoms with E-state index in [0.29, 0.717) is 12.8 Å². The van der Waals surface area contributed by atoms with E-state index in [0.717, 1.165) is 11.1 Å². The highest BCUT2D eigenvalue weighted by atomic mass is 31.2. The molecule has 10 atom stereocenters. The summed E-state index contributed by atoms with van der Waals surface area (Å²) in [5, 5.41) is 74.4. The van der Waals surface area contributed by atoms with Crippen molar-refractivity contribution in [2.75, 3.05) is 13.2 Å². The topological polar surface area (TPSA) is 456 Å². The second-order valence-corrected chi connectivity index (χ2v) is 17.0. The van der Waals surface area contributed by atoms with Crippen LogP contribution in [0.1, 0.15) is 44.3 Å². The molecule has 26 nitrogen and oxygen atoms in total. The minimum absolute atomic E-state index is 0.0730. The molecule has 4 heterocycles. The number of aliphatic carboxylic acids is 2. The van der Waals surface area contributed by atoms with Crippen molar-refractivity contribution in [3.8, 4) is 0 Å². The number of phosphoric acid groups is 2. The predicted molar refractivity (Wildman–Crippen MR) is 215 cm³/mol. The van der Waals surface area contributed by atoms with E-state index in [1.807, 2.05) is 60.7 Å². The lowest BCUT2D eigenvalue weighted by Gasteiger charge is -2.30. The second-order valence-electron chi connectivity index (χ2n) is 14.7. The van der Waals surface area contributed by atoms with E-state index in [4.69, 9.17) is 29.9 Å². The van der Waals surface area contributed by atoms with E-state index >= 15 is 0 Å². The molecule has 2 fully saturated rings. The Morgan fingerprint density at radius 1 is 0.559 bits per heavy atom. The van der Waals surface area contributed by atoms with Crippen molar-refractivity contribution < 1.29 is 128 Å². The largest absolute Gasteiger partial charge is 0.790 e. The van der Waals surface area contributed by atoms with Gasteiger partial charge in [0.05, 0.1) is 28.9 Å². The number of carboxylic acid groups (broad SMARTS) is 4. The van der Waals surface area contributed by atoms with Gasteiger partial charge >= 0.3 is 23.9 Å². The second kappa shape index (κ2) is 26.3. The molecule has 2 aliphatic heterocycles. The first-order chi connectivity index (χ1) is 31.8. The number of aromatic carboxylic acids is 2. The number of aliphatic hydroxyl groups excluding tert-OH is 4. The number of carbonyl (C=O) groups is 4. The number of ether oxygens (including phenoxy) is 2. The smallest absolute Gasteiger partial charge is 0.362 e. The maximum Gasteiger partial charge on any atom is 0.362 e. The van der Waals surface area contributed by atoms with Crippen molar-refractivity contribution in [3.63, 3.8) is 0 Å². The van der Waals surface area contributed by atoms with Crippen molar-refractivity contribution >= 4 is 39.5 Å². The molecule has 6 rings (SSSR count). The van der Waals surface area contributed by atoms with Crippen LogP contribution in [0.4, 0.5) is 0 Å². The molecular weight excluding hydrogens is 950 g/mol. The average Bonchev–Trinajstić information content (AvgIpc) is 3.74. The number of pyridine rings is 2. The van der Waals surface area contributed by atoms with Crippen LogP contribution in [0.5, 0.6) is 0 Å². The number of rotatable bonds is 16. The van der Waals surface area contributed by atoms with Crippen LogP contribution in [0.25, 0.3) is 0 Å². The molecule has 0 radical (unpaired) electrons. The van der Waals surface area contributed by atoms with Gasteiger partial charge in [0, 0.05) is 25.0 Å². The van der Waals surface area contributed by atoms with Crippen LogP contribution in [0, 0.1) is 0 Å². The third-order valence-electron chi connectivity index (χ3n) is 9.54. The Morgan fingerprint density at radius 2 is 0.882 bits per heavy atom. The monoisotopic (exact) mass is 1000 g/mol. The van der Waals surface area contributed by atoms with Crippen LogP contribution >= 0.6 is 15.6 Å². The number of benzene rings is 2. The fraction of sp³-hybridized carbons (Fsp3) is 0.350. The van der Waals surface area contributed by atoms with Crippen LogP contribution in [-0.2, 0) is 50.1 Å². The minimum atomic E-state index is -5.23. The standard InChI is InChI=1S/2C11H14NO9P.2C9H11NO2/c2*13-8-7(5-20-22(17,18)19)21-10(9(8)14)12-3-1-2-6(4-12)11(15)16;2*10-8(9(11)12)6-7-4-2-1-3-5-7/h2*1-4,7-10,13-14H,5H2,(H2-,15,16,17,18,19);2*1-5,8H,6,10H2,(H,11,12)/t2*7-,8+,9+,10-;2*8-/m1100/s1. The number of carboxylic acids is 4. The summed E-state index contributed by atoms with van der Waals surface area (Å²) in [5.41, 5.74) is 8.95. The Bertz CT molecular complexity index is 2200. The molecule has 0 spiro atoms. The van der Waals surface area contributed by atoms with Gasteiger partial charge in [-0.25, -0.2) is 19.2 Å². The first-order valence-electron chi connectivity index (χ1n) is 19.8. The molecule has 0 amide bonds.